The van der Waals surface area contributed by atoms with Crippen molar-refractivity contribution >= 4 is 5.97 Å². The second-order valence-corrected chi connectivity index (χ2v) is 4.84. The number of rotatable bonds is 5. The fourth-order valence-corrected chi connectivity index (χ4v) is 1.93. The lowest BCUT2D eigenvalue weighted by molar-refractivity contribution is -0.150. The first kappa shape index (κ1) is 15.7. The van der Waals surface area contributed by atoms with Crippen molar-refractivity contribution in [2.45, 2.75) is 32.3 Å². The van der Waals surface area contributed by atoms with Crippen LogP contribution in [-0.4, -0.2) is 49.3 Å². The van der Waals surface area contributed by atoms with E-state index in [1.165, 1.54) is 6.92 Å². The van der Waals surface area contributed by atoms with Gasteiger partial charge in [-0.05, 0) is 13.3 Å². The summed E-state index contributed by atoms with van der Waals surface area (Å²) >= 11 is 0. The van der Waals surface area contributed by atoms with Gasteiger partial charge in [-0.1, -0.05) is 17.9 Å². The van der Waals surface area contributed by atoms with E-state index in [1.54, 1.807) is 0 Å². The Hall–Kier alpha value is -1.31. The van der Waals surface area contributed by atoms with Gasteiger partial charge >= 0.3 is 5.97 Å². The molecule has 1 fully saturated rings. The Bertz CT molecular complexity index is 363. The van der Waals surface area contributed by atoms with Gasteiger partial charge in [0.1, 0.15) is 0 Å². The second kappa shape index (κ2) is 7.98. The predicted octanol–water partition coefficient (Wildman–Crippen LogP) is 1.61. The summed E-state index contributed by atoms with van der Waals surface area (Å²) in [5.41, 5.74) is -0.716. The number of morpholine rings is 1. The standard InChI is InChI=1S/C15H23NO3/c1-4-5-7-15(3,19-14(2)17)8-6-9-16-10-12-18-13-11-16/h4H,1,5,7,9-13H2,2-3H3. The number of hydrogen-bond donors (Lipinski definition) is 0. The van der Waals surface area contributed by atoms with E-state index in [4.69, 9.17) is 9.47 Å². The normalized spacial score (nSPS) is 18.8. The predicted molar refractivity (Wildman–Crippen MR) is 74.6 cm³/mol. The van der Waals surface area contributed by atoms with Crippen LogP contribution in [-0.2, 0) is 14.3 Å². The minimum absolute atomic E-state index is 0.299. The third kappa shape index (κ3) is 6.42. The molecule has 0 aliphatic carbocycles. The molecule has 0 aromatic carbocycles. The summed E-state index contributed by atoms with van der Waals surface area (Å²) in [6, 6.07) is 0. The Morgan fingerprint density at radius 2 is 2.21 bits per heavy atom. The van der Waals surface area contributed by atoms with Crippen LogP contribution < -0.4 is 0 Å². The molecule has 106 valence electrons. The summed E-state index contributed by atoms with van der Waals surface area (Å²) in [6.45, 7) is 11.0. The monoisotopic (exact) mass is 265 g/mol. The largest absolute Gasteiger partial charge is 0.446 e. The van der Waals surface area contributed by atoms with Crippen molar-refractivity contribution in [1.82, 2.24) is 4.90 Å². The van der Waals surface area contributed by atoms with Crippen LogP contribution in [0, 0.1) is 11.8 Å². The van der Waals surface area contributed by atoms with Gasteiger partial charge in [0.2, 0.25) is 0 Å². The lowest BCUT2D eigenvalue weighted by Gasteiger charge is -2.25. The van der Waals surface area contributed by atoms with Crippen molar-refractivity contribution in [3.63, 3.8) is 0 Å². The average Bonchev–Trinajstić information content (AvgIpc) is 2.37. The molecule has 1 atom stereocenters. The molecule has 1 aliphatic rings. The van der Waals surface area contributed by atoms with Crippen LogP contribution in [0.15, 0.2) is 12.7 Å². The summed E-state index contributed by atoms with van der Waals surface area (Å²) in [5.74, 6) is 5.91. The van der Waals surface area contributed by atoms with E-state index in [0.717, 1.165) is 32.7 Å². The Kier molecular flexibility index (Phi) is 6.61. The molecular weight excluding hydrogens is 242 g/mol. The SMILES string of the molecule is C=CCCC(C)(C#CCN1CCOCC1)OC(C)=O. The maximum absolute atomic E-state index is 11.1. The zero-order valence-corrected chi connectivity index (χ0v) is 11.9. The molecule has 19 heavy (non-hydrogen) atoms. The molecule has 0 saturated carbocycles. The van der Waals surface area contributed by atoms with Crippen LogP contribution in [0.2, 0.25) is 0 Å². The highest BCUT2D eigenvalue weighted by Crippen LogP contribution is 2.17. The van der Waals surface area contributed by atoms with Gasteiger partial charge in [0, 0.05) is 26.4 Å². The summed E-state index contributed by atoms with van der Waals surface area (Å²) in [5, 5.41) is 0. The van der Waals surface area contributed by atoms with Crippen LogP contribution in [0.4, 0.5) is 0 Å². The van der Waals surface area contributed by atoms with Crippen LogP contribution in [0.5, 0.6) is 0 Å². The first-order valence-electron chi connectivity index (χ1n) is 6.66. The topological polar surface area (TPSA) is 38.8 Å². The van der Waals surface area contributed by atoms with Crippen molar-refractivity contribution in [3.05, 3.63) is 12.7 Å². The van der Waals surface area contributed by atoms with Crippen LogP contribution >= 0.6 is 0 Å². The van der Waals surface area contributed by atoms with Gasteiger partial charge in [-0.15, -0.1) is 6.58 Å². The minimum atomic E-state index is -0.716. The molecular formula is C15H23NO3. The molecule has 0 N–H and O–H groups in total. The van der Waals surface area contributed by atoms with Crippen molar-refractivity contribution in [1.29, 1.82) is 0 Å². The maximum Gasteiger partial charge on any atom is 0.304 e. The highest BCUT2D eigenvalue weighted by molar-refractivity contribution is 5.67. The third-order valence-corrected chi connectivity index (χ3v) is 2.95. The summed E-state index contributed by atoms with van der Waals surface area (Å²) in [6.07, 6.45) is 3.26. The first-order chi connectivity index (χ1) is 9.06. The molecule has 0 aromatic heterocycles. The third-order valence-electron chi connectivity index (χ3n) is 2.95. The molecule has 0 amide bonds. The number of allylic oxidation sites excluding steroid dienone is 1. The quantitative estimate of drug-likeness (QED) is 0.430. The number of carbonyl (C=O) groups excluding carboxylic acids is 1. The number of carbonyl (C=O) groups is 1. The van der Waals surface area contributed by atoms with Crippen LogP contribution in [0.25, 0.3) is 0 Å². The molecule has 0 bridgehead atoms. The van der Waals surface area contributed by atoms with E-state index in [0.29, 0.717) is 13.0 Å². The van der Waals surface area contributed by atoms with Crippen molar-refractivity contribution in [3.8, 4) is 11.8 Å². The second-order valence-electron chi connectivity index (χ2n) is 4.84. The zero-order chi connectivity index (χ0) is 14.1. The van der Waals surface area contributed by atoms with Gasteiger partial charge in [-0.25, -0.2) is 0 Å². The van der Waals surface area contributed by atoms with E-state index >= 15 is 0 Å². The minimum Gasteiger partial charge on any atom is -0.446 e. The fourth-order valence-electron chi connectivity index (χ4n) is 1.93. The Balaban J connectivity index is 2.54. The molecule has 4 nitrogen and oxygen atoms in total. The molecule has 1 rings (SSSR count). The molecule has 1 unspecified atom stereocenters. The van der Waals surface area contributed by atoms with Gasteiger partial charge < -0.3 is 9.47 Å². The highest BCUT2D eigenvalue weighted by Gasteiger charge is 2.24. The number of nitrogens with zero attached hydrogens (tertiary/aromatic N) is 1. The summed E-state index contributed by atoms with van der Waals surface area (Å²) in [4.78, 5) is 13.4. The number of hydrogen-bond acceptors (Lipinski definition) is 4. The summed E-state index contributed by atoms with van der Waals surface area (Å²) in [7, 11) is 0. The Labute approximate surface area is 115 Å². The average molecular weight is 265 g/mol. The van der Waals surface area contributed by atoms with Crippen molar-refractivity contribution < 1.29 is 14.3 Å². The molecule has 1 saturated heterocycles. The molecule has 1 aliphatic heterocycles. The van der Waals surface area contributed by atoms with E-state index in [1.807, 2.05) is 13.0 Å². The molecule has 4 heteroatoms. The molecule has 0 aromatic rings. The lowest BCUT2D eigenvalue weighted by atomic mass is 10.0. The number of esters is 1. The molecule has 0 radical (unpaired) electrons. The molecule has 1 heterocycles. The number of ether oxygens (including phenoxy) is 2. The van der Waals surface area contributed by atoms with E-state index < -0.39 is 5.60 Å². The zero-order valence-electron chi connectivity index (χ0n) is 11.9. The van der Waals surface area contributed by atoms with Crippen LogP contribution in [0.3, 0.4) is 0 Å². The van der Waals surface area contributed by atoms with Crippen LogP contribution in [0.1, 0.15) is 26.7 Å². The smallest absolute Gasteiger partial charge is 0.304 e. The van der Waals surface area contributed by atoms with Gasteiger partial charge in [0.15, 0.2) is 5.60 Å². The van der Waals surface area contributed by atoms with Crippen molar-refractivity contribution in [2.24, 2.45) is 0 Å². The van der Waals surface area contributed by atoms with E-state index in [-0.39, 0.29) is 5.97 Å². The summed E-state index contributed by atoms with van der Waals surface area (Å²) < 4.78 is 10.6. The van der Waals surface area contributed by atoms with E-state index in [2.05, 4.69) is 23.3 Å². The van der Waals surface area contributed by atoms with Gasteiger partial charge in [0.25, 0.3) is 0 Å². The first-order valence-corrected chi connectivity index (χ1v) is 6.66. The maximum atomic E-state index is 11.1. The van der Waals surface area contributed by atoms with Gasteiger partial charge in [-0.3, -0.25) is 9.69 Å². The Morgan fingerprint density at radius 3 is 2.79 bits per heavy atom. The Morgan fingerprint density at radius 1 is 1.53 bits per heavy atom. The highest BCUT2D eigenvalue weighted by atomic mass is 16.6. The fraction of sp³-hybridized carbons (Fsp3) is 0.667. The van der Waals surface area contributed by atoms with Gasteiger partial charge in [-0.2, -0.15) is 0 Å². The lowest BCUT2D eigenvalue weighted by Crippen LogP contribution is -2.36. The van der Waals surface area contributed by atoms with Crippen molar-refractivity contribution in [2.75, 3.05) is 32.8 Å². The molecule has 0 spiro atoms. The van der Waals surface area contributed by atoms with Gasteiger partial charge in [0.05, 0.1) is 19.8 Å². The van der Waals surface area contributed by atoms with E-state index in [9.17, 15) is 4.79 Å².